The van der Waals surface area contributed by atoms with Gasteiger partial charge in [0.1, 0.15) is 11.6 Å². The monoisotopic (exact) mass is 427 g/mol. The number of nitrogens with one attached hydrogen (secondary N) is 2. The third-order valence-electron chi connectivity index (χ3n) is 5.13. The zero-order chi connectivity index (χ0) is 21.6. The van der Waals surface area contributed by atoms with Crippen molar-refractivity contribution in [3.8, 4) is 11.5 Å². The summed E-state index contributed by atoms with van der Waals surface area (Å²) < 4.78 is 33.8. The van der Waals surface area contributed by atoms with Gasteiger partial charge in [-0.2, -0.15) is 0 Å². The second-order valence-electron chi connectivity index (χ2n) is 7.37. The van der Waals surface area contributed by atoms with Crippen molar-refractivity contribution in [1.82, 2.24) is 15.1 Å². The van der Waals surface area contributed by atoms with Gasteiger partial charge in [-0.15, -0.1) is 5.10 Å². The molecule has 0 aliphatic carbocycles. The lowest BCUT2D eigenvalue weighted by atomic mass is 10.1. The van der Waals surface area contributed by atoms with Gasteiger partial charge in [-0.3, -0.25) is 4.79 Å². The highest BCUT2D eigenvalue weighted by molar-refractivity contribution is 6.04. The molecular formula is C22H23F2N5O2. The Morgan fingerprint density at radius 1 is 1.06 bits per heavy atom. The van der Waals surface area contributed by atoms with E-state index in [1.165, 1.54) is 43.2 Å². The molecule has 0 radical (unpaired) electrons. The Morgan fingerprint density at radius 2 is 1.87 bits per heavy atom. The van der Waals surface area contributed by atoms with E-state index in [4.69, 9.17) is 4.42 Å². The third-order valence-corrected chi connectivity index (χ3v) is 5.13. The first kappa shape index (κ1) is 20.9. The number of halogens is 2. The van der Waals surface area contributed by atoms with Gasteiger partial charge < -0.3 is 20.0 Å². The lowest BCUT2D eigenvalue weighted by Crippen LogP contribution is -2.22. The van der Waals surface area contributed by atoms with Crippen molar-refractivity contribution < 1.29 is 18.0 Å². The SMILES string of the molecule is O=C(Nc1ccc(-c2nnc(NCCCN3CCCC3)o2)c(F)c1)c1ccccc1F. The van der Waals surface area contributed by atoms with Crippen LogP contribution in [-0.2, 0) is 0 Å². The summed E-state index contributed by atoms with van der Waals surface area (Å²) in [5.41, 5.74) is 0.181. The van der Waals surface area contributed by atoms with Crippen LogP contribution < -0.4 is 10.6 Å². The fourth-order valence-electron chi connectivity index (χ4n) is 3.52. The molecule has 1 amide bonds. The first-order valence-electron chi connectivity index (χ1n) is 10.3. The molecule has 1 saturated heterocycles. The molecule has 0 unspecified atom stereocenters. The molecule has 1 aliphatic rings. The summed E-state index contributed by atoms with van der Waals surface area (Å²) in [6.45, 7) is 4.01. The van der Waals surface area contributed by atoms with Crippen LogP contribution in [0.1, 0.15) is 29.6 Å². The van der Waals surface area contributed by atoms with Crippen LogP contribution in [0.4, 0.5) is 20.5 Å². The van der Waals surface area contributed by atoms with Crippen LogP contribution in [0.15, 0.2) is 46.9 Å². The van der Waals surface area contributed by atoms with Crippen molar-refractivity contribution >= 4 is 17.6 Å². The van der Waals surface area contributed by atoms with E-state index in [1.54, 1.807) is 6.07 Å². The van der Waals surface area contributed by atoms with Gasteiger partial charge in [0.05, 0.1) is 11.1 Å². The molecule has 1 aromatic heterocycles. The molecule has 3 aromatic rings. The zero-order valence-electron chi connectivity index (χ0n) is 16.9. The minimum Gasteiger partial charge on any atom is -0.403 e. The van der Waals surface area contributed by atoms with Gasteiger partial charge in [-0.05, 0) is 69.2 Å². The summed E-state index contributed by atoms with van der Waals surface area (Å²) in [6, 6.07) is 9.85. The molecule has 7 nitrogen and oxygen atoms in total. The van der Waals surface area contributed by atoms with Gasteiger partial charge in [0.15, 0.2) is 0 Å². The van der Waals surface area contributed by atoms with Crippen LogP contribution in [-0.4, -0.2) is 47.2 Å². The Labute approximate surface area is 178 Å². The summed E-state index contributed by atoms with van der Waals surface area (Å²) >= 11 is 0. The number of likely N-dealkylation sites (tertiary alicyclic amines) is 1. The zero-order valence-corrected chi connectivity index (χ0v) is 16.9. The molecule has 2 aromatic carbocycles. The van der Waals surface area contributed by atoms with Gasteiger partial charge >= 0.3 is 6.01 Å². The molecule has 9 heteroatoms. The molecule has 0 saturated carbocycles. The number of benzene rings is 2. The molecule has 0 bridgehead atoms. The predicted octanol–water partition coefficient (Wildman–Crippen LogP) is 4.16. The smallest absolute Gasteiger partial charge is 0.315 e. The number of carbonyl (C=O) groups is 1. The first-order chi connectivity index (χ1) is 15.1. The first-order valence-corrected chi connectivity index (χ1v) is 10.3. The fraction of sp³-hybridized carbons (Fsp3) is 0.318. The summed E-state index contributed by atoms with van der Waals surface area (Å²) in [6.07, 6.45) is 3.47. The quantitative estimate of drug-likeness (QED) is 0.525. The van der Waals surface area contributed by atoms with Crippen LogP contribution in [0.2, 0.25) is 0 Å². The fourth-order valence-corrected chi connectivity index (χ4v) is 3.52. The highest BCUT2D eigenvalue weighted by atomic mass is 19.1. The number of rotatable bonds is 8. The van der Waals surface area contributed by atoms with E-state index in [0.717, 1.165) is 32.1 Å². The van der Waals surface area contributed by atoms with Gasteiger partial charge in [0, 0.05) is 12.2 Å². The maximum Gasteiger partial charge on any atom is 0.315 e. The molecular weight excluding hydrogens is 404 g/mol. The van der Waals surface area contributed by atoms with Crippen molar-refractivity contribution in [2.24, 2.45) is 0 Å². The average Bonchev–Trinajstić information content (AvgIpc) is 3.44. The summed E-state index contributed by atoms with van der Waals surface area (Å²) in [5, 5.41) is 13.3. The second-order valence-corrected chi connectivity index (χ2v) is 7.37. The summed E-state index contributed by atoms with van der Waals surface area (Å²) in [7, 11) is 0. The molecule has 2 N–H and O–H groups in total. The van der Waals surface area contributed by atoms with E-state index in [2.05, 4.69) is 25.7 Å². The maximum atomic E-state index is 14.6. The van der Waals surface area contributed by atoms with Crippen molar-refractivity contribution in [2.45, 2.75) is 19.3 Å². The van der Waals surface area contributed by atoms with Gasteiger partial charge in [-0.25, -0.2) is 8.78 Å². The van der Waals surface area contributed by atoms with E-state index in [-0.39, 0.29) is 28.7 Å². The molecule has 0 spiro atoms. The second kappa shape index (κ2) is 9.65. The minimum atomic E-state index is -0.663. The summed E-state index contributed by atoms with van der Waals surface area (Å²) in [5.74, 6) is -1.92. The van der Waals surface area contributed by atoms with Crippen molar-refractivity contribution in [3.05, 3.63) is 59.7 Å². The highest BCUT2D eigenvalue weighted by Crippen LogP contribution is 2.26. The largest absolute Gasteiger partial charge is 0.403 e. The van der Waals surface area contributed by atoms with Crippen molar-refractivity contribution in [2.75, 3.05) is 36.8 Å². The lowest BCUT2D eigenvalue weighted by molar-refractivity contribution is 0.102. The lowest BCUT2D eigenvalue weighted by Gasteiger charge is -2.13. The highest BCUT2D eigenvalue weighted by Gasteiger charge is 2.16. The van der Waals surface area contributed by atoms with Crippen LogP contribution >= 0.6 is 0 Å². The van der Waals surface area contributed by atoms with Crippen LogP contribution in [0.25, 0.3) is 11.5 Å². The van der Waals surface area contributed by atoms with Crippen molar-refractivity contribution in [1.29, 1.82) is 0 Å². The number of amides is 1. The van der Waals surface area contributed by atoms with Crippen LogP contribution in [0.5, 0.6) is 0 Å². The van der Waals surface area contributed by atoms with Gasteiger partial charge in [0.25, 0.3) is 11.8 Å². The minimum absolute atomic E-state index is 0.0338. The van der Waals surface area contributed by atoms with E-state index in [0.29, 0.717) is 6.54 Å². The maximum absolute atomic E-state index is 14.6. The van der Waals surface area contributed by atoms with Crippen LogP contribution in [0.3, 0.4) is 0 Å². The Kier molecular flexibility index (Phi) is 6.51. The topological polar surface area (TPSA) is 83.3 Å². The Hall–Kier alpha value is -3.33. The molecule has 162 valence electrons. The Balaban J connectivity index is 1.34. The number of aromatic nitrogens is 2. The molecule has 2 heterocycles. The molecule has 1 fully saturated rings. The number of anilines is 2. The van der Waals surface area contributed by atoms with E-state index in [9.17, 15) is 13.6 Å². The molecule has 4 rings (SSSR count). The molecule has 1 aliphatic heterocycles. The molecule has 0 atom stereocenters. The normalized spacial score (nSPS) is 14.0. The van der Waals surface area contributed by atoms with E-state index in [1.807, 2.05) is 0 Å². The Morgan fingerprint density at radius 3 is 2.65 bits per heavy atom. The van der Waals surface area contributed by atoms with Crippen molar-refractivity contribution in [3.63, 3.8) is 0 Å². The Bertz CT molecular complexity index is 1050. The van der Waals surface area contributed by atoms with E-state index < -0.39 is 17.5 Å². The van der Waals surface area contributed by atoms with E-state index >= 15 is 0 Å². The average molecular weight is 427 g/mol. The number of hydrogen-bond acceptors (Lipinski definition) is 6. The number of carbonyl (C=O) groups excluding carboxylic acids is 1. The molecule has 31 heavy (non-hydrogen) atoms. The standard InChI is InChI=1S/C22H23F2N5O2/c23-18-7-2-1-6-16(18)20(30)26-15-8-9-17(19(24)14-15)21-27-28-22(31-21)25-10-5-13-29-11-3-4-12-29/h1-2,6-9,14H,3-5,10-13H2,(H,25,28)(H,26,30). The predicted molar refractivity (Wildman–Crippen MR) is 113 cm³/mol. The number of nitrogens with zero attached hydrogens (tertiary/aromatic N) is 3. The third kappa shape index (κ3) is 5.24. The van der Waals surface area contributed by atoms with Crippen LogP contribution in [0, 0.1) is 11.6 Å². The summed E-state index contributed by atoms with van der Waals surface area (Å²) in [4.78, 5) is 14.6. The van der Waals surface area contributed by atoms with Gasteiger partial charge in [-0.1, -0.05) is 17.2 Å². The number of hydrogen-bond donors (Lipinski definition) is 2. The van der Waals surface area contributed by atoms with Gasteiger partial charge in [0.2, 0.25) is 0 Å².